The van der Waals surface area contributed by atoms with Gasteiger partial charge < -0.3 is 25.1 Å². The predicted molar refractivity (Wildman–Crippen MR) is 237 cm³/mol. The Morgan fingerprint density at radius 2 is 1.61 bits per heavy atom. The Labute approximate surface area is 388 Å². The third-order valence-electron chi connectivity index (χ3n) is 11.9. The Kier molecular flexibility index (Phi) is 16.2. The molecule has 2 aliphatic heterocycles. The second-order valence-electron chi connectivity index (χ2n) is 16.5. The predicted octanol–water partition coefficient (Wildman–Crippen LogP) is 5.44. The van der Waals surface area contributed by atoms with Crippen LogP contribution in [0.2, 0.25) is 0 Å². The molecule has 3 aliphatic rings. The number of hydrogen-bond acceptors (Lipinski definition) is 19. The molecule has 1 saturated carbocycles. The first kappa shape index (κ1) is 51.0. The van der Waals surface area contributed by atoms with Gasteiger partial charge in [0, 0.05) is 94.3 Å². The molecule has 66 heavy (non-hydrogen) atoms. The first-order chi connectivity index (χ1) is 31.1. The van der Waals surface area contributed by atoms with Crippen LogP contribution in [-0.4, -0.2) is 109 Å². The molecule has 1 aromatic heterocycles. The first-order valence-corrected chi connectivity index (χ1v) is 25.2. The summed E-state index contributed by atoms with van der Waals surface area (Å²) in [5.41, 5.74) is 1.82. The average molecular weight is 1000 g/mol. The van der Waals surface area contributed by atoms with E-state index in [4.69, 9.17) is 19.7 Å². The van der Waals surface area contributed by atoms with E-state index in [-0.39, 0.29) is 29.9 Å². The SMILES string of the molecule is CC1(C)C(=CC2C(=O)C(=CC3=[N+](CCCSOOO)c4ccc(SOOO)cc4C3(C)CCCCCC(=O)On3c(O)ccc3O)C2O)N(CCCS(=O)(=O)O)c2ccc(S(=O)(=O)O)cc21. The van der Waals surface area contributed by atoms with Crippen molar-refractivity contribution < 1.29 is 89.5 Å². The van der Waals surface area contributed by atoms with E-state index in [0.29, 0.717) is 76.7 Å². The quantitative estimate of drug-likeness (QED) is 0.0118. The molecule has 21 nitrogen and oxygen atoms in total. The lowest BCUT2D eigenvalue weighted by Crippen LogP contribution is -2.46. The van der Waals surface area contributed by atoms with Gasteiger partial charge in [0.2, 0.25) is 17.4 Å². The minimum absolute atomic E-state index is 0.0292. The maximum atomic E-state index is 14.3. The van der Waals surface area contributed by atoms with Crippen molar-refractivity contribution in [3.63, 3.8) is 0 Å². The second-order valence-corrected chi connectivity index (χ2v) is 21.1. The molecule has 0 bridgehead atoms. The number of aliphatic hydroxyl groups is 1. The molecule has 3 aromatic rings. The third-order valence-corrected chi connectivity index (χ3v) is 14.8. The van der Waals surface area contributed by atoms with Gasteiger partial charge in [0.05, 0.1) is 40.1 Å². The van der Waals surface area contributed by atoms with E-state index < -0.39 is 72.4 Å². The fourth-order valence-corrected chi connectivity index (χ4v) is 10.4. The number of anilines is 1. The highest BCUT2D eigenvalue weighted by Gasteiger charge is 2.52. The van der Waals surface area contributed by atoms with Crippen LogP contribution in [-0.2, 0) is 59.4 Å². The summed E-state index contributed by atoms with van der Waals surface area (Å²) in [6.45, 7) is 5.89. The average Bonchev–Trinajstić information content (AvgIpc) is 3.77. The minimum Gasteiger partial charge on any atom is -0.492 e. The fourth-order valence-electron chi connectivity index (χ4n) is 8.69. The lowest BCUT2D eigenvalue weighted by Gasteiger charge is -2.35. The van der Waals surface area contributed by atoms with Gasteiger partial charge in [-0.05, 0) is 62.1 Å². The van der Waals surface area contributed by atoms with E-state index in [1.165, 1.54) is 30.3 Å². The molecule has 7 N–H and O–H groups in total. The van der Waals surface area contributed by atoms with Crippen molar-refractivity contribution in [2.75, 3.05) is 29.5 Å². The topological polar surface area (TPSA) is 301 Å². The number of Topliss-reactive ketones (excluding diaryl/α,β-unsaturated/α-hetero) is 1. The van der Waals surface area contributed by atoms with Gasteiger partial charge in [0.25, 0.3) is 20.2 Å². The molecule has 0 saturated heterocycles. The molecule has 3 heterocycles. The minimum atomic E-state index is -4.61. The highest BCUT2D eigenvalue weighted by atomic mass is 32.2. The molecule has 3 atom stereocenters. The van der Waals surface area contributed by atoms with Crippen LogP contribution in [0.3, 0.4) is 0 Å². The molecule has 1 fully saturated rings. The van der Waals surface area contributed by atoms with Crippen molar-refractivity contribution in [2.45, 2.75) is 92.4 Å². The highest BCUT2D eigenvalue weighted by Crippen LogP contribution is 2.51. The fraction of sp³-hybridized carbons (Fsp3) is 0.439. The number of aromatic hydroxyl groups is 2. The van der Waals surface area contributed by atoms with Crippen molar-refractivity contribution in [3.8, 4) is 11.8 Å². The van der Waals surface area contributed by atoms with E-state index in [1.807, 2.05) is 23.6 Å². The van der Waals surface area contributed by atoms with Gasteiger partial charge in [-0.25, -0.2) is 15.3 Å². The van der Waals surface area contributed by atoms with Crippen LogP contribution in [0.5, 0.6) is 11.8 Å². The van der Waals surface area contributed by atoms with E-state index in [0.717, 1.165) is 35.3 Å². The van der Waals surface area contributed by atoms with Gasteiger partial charge >= 0.3 is 5.97 Å². The Hall–Kier alpha value is -4.35. The first-order valence-electron chi connectivity index (χ1n) is 20.5. The smallest absolute Gasteiger partial charge is 0.333 e. The van der Waals surface area contributed by atoms with Crippen LogP contribution in [0, 0.1) is 5.92 Å². The summed E-state index contributed by atoms with van der Waals surface area (Å²) in [4.78, 5) is 33.9. The molecule has 360 valence electrons. The van der Waals surface area contributed by atoms with E-state index >= 15 is 0 Å². The standard InChI is InChI=1S/C41H49N3O18S4/c1-40(2)29-22-26(66(55,56)57)11-13-31(29)42(18-8-20-65(52,53)54)33(40)23-27-38(48)28(39(27)49)24-34-41(3,16-6-4-5-9-37(47)58-44-35(45)14-15-36(44)46)30-21-25(64-62-60-51)10-12-32(30)43(34)17-7-19-63-61-59-50/h10-15,21-24,27,38,48H,4-9,16-20H2,1-3H3,(H5,49,50,51,52,53,54,55,56,57)/p+1. The van der Waals surface area contributed by atoms with Crippen molar-refractivity contribution in [2.24, 2.45) is 5.92 Å². The zero-order valence-corrected chi connectivity index (χ0v) is 39.1. The number of aromatic nitrogens is 1. The molecule has 6 rings (SSSR count). The normalized spacial score (nSPS) is 21.5. The second kappa shape index (κ2) is 20.9. The summed E-state index contributed by atoms with van der Waals surface area (Å²) in [7, 11) is -8.95. The number of carbonyl (C=O) groups is 2. The van der Waals surface area contributed by atoms with Crippen molar-refractivity contribution >= 4 is 73.2 Å². The summed E-state index contributed by atoms with van der Waals surface area (Å²) in [6, 6.07) is 11.7. The maximum Gasteiger partial charge on any atom is 0.333 e. The molecular formula is C41H50N3O18S4+. The number of aliphatic hydroxyl groups excluding tert-OH is 1. The summed E-state index contributed by atoms with van der Waals surface area (Å²) in [5, 5.41) is 56.7. The highest BCUT2D eigenvalue weighted by molar-refractivity contribution is 7.94. The number of rotatable bonds is 23. The van der Waals surface area contributed by atoms with E-state index in [9.17, 15) is 50.8 Å². The molecule has 2 aromatic carbocycles. The van der Waals surface area contributed by atoms with Crippen LogP contribution >= 0.6 is 24.1 Å². The van der Waals surface area contributed by atoms with Crippen molar-refractivity contribution in [3.05, 3.63) is 83.1 Å². The summed E-state index contributed by atoms with van der Waals surface area (Å²) in [5.74, 6) is -3.30. The summed E-state index contributed by atoms with van der Waals surface area (Å²) < 4.78 is 78.8. The monoisotopic (exact) mass is 1000 g/mol. The summed E-state index contributed by atoms with van der Waals surface area (Å²) >= 11 is 1.62. The molecule has 25 heteroatoms. The zero-order chi connectivity index (χ0) is 48.2. The van der Waals surface area contributed by atoms with Crippen LogP contribution in [0.15, 0.2) is 81.7 Å². The van der Waals surface area contributed by atoms with Gasteiger partial charge in [-0.1, -0.05) is 42.8 Å². The van der Waals surface area contributed by atoms with Gasteiger partial charge in [0.1, 0.15) is 6.54 Å². The molecule has 0 spiro atoms. The third kappa shape index (κ3) is 11.2. The number of allylic oxidation sites excluding steroid dienone is 2. The van der Waals surface area contributed by atoms with Gasteiger partial charge in [0.15, 0.2) is 11.5 Å². The van der Waals surface area contributed by atoms with Crippen molar-refractivity contribution in [1.29, 1.82) is 0 Å². The van der Waals surface area contributed by atoms with Crippen molar-refractivity contribution in [1.82, 2.24) is 4.73 Å². The number of nitrogens with zero attached hydrogens (tertiary/aromatic N) is 3. The van der Waals surface area contributed by atoms with Gasteiger partial charge in [-0.15, -0.1) is 13.4 Å². The molecule has 1 aliphatic carbocycles. The Morgan fingerprint density at radius 3 is 2.26 bits per heavy atom. The van der Waals surface area contributed by atoms with Gasteiger partial charge in [-0.2, -0.15) is 21.4 Å². The molecule has 3 unspecified atom stereocenters. The zero-order valence-electron chi connectivity index (χ0n) is 35.8. The number of hydrogen-bond donors (Lipinski definition) is 7. The van der Waals surface area contributed by atoms with Crippen LogP contribution in [0.1, 0.15) is 76.8 Å². The maximum absolute atomic E-state index is 14.3. The Balaban J connectivity index is 1.33. The van der Waals surface area contributed by atoms with Crippen LogP contribution in [0.25, 0.3) is 0 Å². The van der Waals surface area contributed by atoms with E-state index in [2.05, 4.69) is 14.4 Å². The number of carbonyl (C=O) groups excluding carboxylic acids is 2. The van der Waals surface area contributed by atoms with Crippen LogP contribution in [0.4, 0.5) is 11.4 Å². The number of ketones is 1. The summed E-state index contributed by atoms with van der Waals surface area (Å²) in [6.07, 6.45) is 4.21. The largest absolute Gasteiger partial charge is 0.492 e. The number of unbranched alkanes of at least 4 members (excludes halogenated alkanes) is 2. The molecule has 0 radical (unpaired) electrons. The Morgan fingerprint density at radius 1 is 0.894 bits per heavy atom. The van der Waals surface area contributed by atoms with Gasteiger partial charge in [-0.3, -0.25) is 13.9 Å². The Bertz CT molecular complexity index is 2630. The number of benzene rings is 2. The number of fused-ring (bicyclic) bond motifs is 2. The lowest BCUT2D eigenvalue weighted by atomic mass is 9.69. The van der Waals surface area contributed by atoms with E-state index in [1.54, 1.807) is 37.0 Å². The molecule has 0 amide bonds. The van der Waals surface area contributed by atoms with Crippen LogP contribution < -0.4 is 9.74 Å². The lowest BCUT2D eigenvalue weighted by molar-refractivity contribution is -0.438. The molecular weight excluding hydrogens is 951 g/mol.